The van der Waals surface area contributed by atoms with Crippen molar-refractivity contribution in [3.63, 3.8) is 0 Å². The van der Waals surface area contributed by atoms with Crippen molar-refractivity contribution in [3.8, 4) is 5.75 Å². The van der Waals surface area contributed by atoms with Crippen LogP contribution in [0.3, 0.4) is 0 Å². The van der Waals surface area contributed by atoms with Crippen molar-refractivity contribution in [2.75, 3.05) is 11.1 Å². The number of carbonyl (C=O) groups excluding carboxylic acids is 1. The molecule has 0 spiro atoms. The molecule has 0 aliphatic rings. The summed E-state index contributed by atoms with van der Waals surface area (Å²) in [4.78, 5) is 12.4. The molecule has 0 unspecified atom stereocenters. The fourth-order valence-electron chi connectivity index (χ4n) is 2.86. The predicted molar refractivity (Wildman–Crippen MR) is 121 cm³/mol. The Labute approximate surface area is 186 Å². The number of nitrogens with one attached hydrogen (secondary N) is 1. The smallest absolute Gasteiger partial charge is 0.234 e. The third-order valence-corrected chi connectivity index (χ3v) is 6.21. The summed E-state index contributed by atoms with van der Waals surface area (Å²) in [6, 6.07) is 11.4. The number of rotatable bonds is 8. The van der Waals surface area contributed by atoms with Crippen LogP contribution in [-0.4, -0.2) is 26.4 Å². The second-order valence-electron chi connectivity index (χ2n) is 6.93. The number of aromatic nitrogens is 3. The van der Waals surface area contributed by atoms with Crippen LogP contribution in [-0.2, 0) is 17.9 Å². The van der Waals surface area contributed by atoms with E-state index in [2.05, 4.69) is 29.4 Å². The first-order valence-corrected chi connectivity index (χ1v) is 11.0. The fraction of sp³-hybridized carbons (Fsp3) is 0.318. The Morgan fingerprint density at radius 1 is 1.17 bits per heavy atom. The van der Waals surface area contributed by atoms with Gasteiger partial charge in [-0.15, -0.1) is 10.2 Å². The van der Waals surface area contributed by atoms with Crippen molar-refractivity contribution in [1.29, 1.82) is 0 Å². The molecule has 1 heterocycles. The lowest BCUT2D eigenvalue weighted by atomic mass is 10.1. The van der Waals surface area contributed by atoms with Crippen molar-refractivity contribution in [2.45, 2.75) is 46.0 Å². The van der Waals surface area contributed by atoms with Crippen LogP contribution in [0.5, 0.6) is 5.75 Å². The zero-order chi connectivity index (χ0) is 21.7. The molecule has 3 aromatic rings. The van der Waals surface area contributed by atoms with Crippen LogP contribution in [0, 0.1) is 20.8 Å². The number of thioether (sulfide) groups is 1. The molecule has 0 atom stereocenters. The van der Waals surface area contributed by atoms with E-state index >= 15 is 0 Å². The van der Waals surface area contributed by atoms with Gasteiger partial charge in [0, 0.05) is 17.3 Å². The monoisotopic (exact) mass is 444 g/mol. The van der Waals surface area contributed by atoms with Gasteiger partial charge in [-0.05, 0) is 68.7 Å². The summed E-state index contributed by atoms with van der Waals surface area (Å²) in [6.45, 7) is 9.03. The number of benzene rings is 2. The number of halogens is 1. The van der Waals surface area contributed by atoms with Crippen molar-refractivity contribution in [1.82, 2.24) is 14.8 Å². The SMILES string of the molecule is CCn1c(COc2ccc(C)c(C)c2)nnc1SCC(=O)Nc1cccc(Cl)c1C. The Hall–Kier alpha value is -2.51. The maximum atomic E-state index is 12.4. The van der Waals surface area contributed by atoms with Crippen molar-refractivity contribution >= 4 is 35.0 Å². The van der Waals surface area contributed by atoms with Crippen LogP contribution in [0.4, 0.5) is 5.69 Å². The number of aryl methyl sites for hydroxylation is 2. The Morgan fingerprint density at radius 3 is 2.70 bits per heavy atom. The lowest BCUT2D eigenvalue weighted by Crippen LogP contribution is -2.15. The first-order valence-electron chi connectivity index (χ1n) is 9.69. The van der Waals surface area contributed by atoms with Crippen LogP contribution >= 0.6 is 23.4 Å². The molecule has 2 aromatic carbocycles. The molecule has 0 saturated carbocycles. The average molecular weight is 445 g/mol. The lowest BCUT2D eigenvalue weighted by Gasteiger charge is -2.11. The van der Waals surface area contributed by atoms with Crippen molar-refractivity contribution in [3.05, 3.63) is 63.9 Å². The second kappa shape index (κ2) is 10.00. The van der Waals surface area contributed by atoms with Gasteiger partial charge in [0.1, 0.15) is 12.4 Å². The van der Waals surface area contributed by atoms with Gasteiger partial charge in [-0.25, -0.2) is 0 Å². The molecule has 3 rings (SSSR count). The maximum Gasteiger partial charge on any atom is 0.234 e. The Balaban J connectivity index is 1.60. The molecular formula is C22H25ClN4O2S. The Morgan fingerprint density at radius 2 is 1.97 bits per heavy atom. The lowest BCUT2D eigenvalue weighted by molar-refractivity contribution is -0.113. The number of hydrogen-bond acceptors (Lipinski definition) is 5. The summed E-state index contributed by atoms with van der Waals surface area (Å²) >= 11 is 7.46. The molecule has 1 aromatic heterocycles. The van der Waals surface area contributed by atoms with E-state index in [1.165, 1.54) is 22.9 Å². The van der Waals surface area contributed by atoms with E-state index in [0.29, 0.717) is 29.0 Å². The zero-order valence-corrected chi connectivity index (χ0v) is 19.1. The second-order valence-corrected chi connectivity index (χ2v) is 8.28. The summed E-state index contributed by atoms with van der Waals surface area (Å²) in [5.41, 5.74) is 3.97. The zero-order valence-electron chi connectivity index (χ0n) is 17.5. The van der Waals surface area contributed by atoms with E-state index < -0.39 is 0 Å². The van der Waals surface area contributed by atoms with E-state index in [1.54, 1.807) is 6.07 Å². The van der Waals surface area contributed by atoms with Crippen LogP contribution in [0.15, 0.2) is 41.6 Å². The third kappa shape index (κ3) is 5.34. The molecule has 0 fully saturated rings. The molecule has 0 saturated heterocycles. The number of ether oxygens (including phenoxy) is 1. The quantitative estimate of drug-likeness (QED) is 0.484. The molecule has 0 aliphatic carbocycles. The van der Waals surface area contributed by atoms with Gasteiger partial charge in [0.15, 0.2) is 11.0 Å². The van der Waals surface area contributed by atoms with Gasteiger partial charge in [-0.3, -0.25) is 4.79 Å². The maximum absolute atomic E-state index is 12.4. The van der Waals surface area contributed by atoms with E-state index in [0.717, 1.165) is 17.1 Å². The first-order chi connectivity index (χ1) is 14.4. The van der Waals surface area contributed by atoms with Crippen LogP contribution < -0.4 is 10.1 Å². The molecule has 1 amide bonds. The molecule has 0 radical (unpaired) electrons. The van der Waals surface area contributed by atoms with Gasteiger partial charge in [0.25, 0.3) is 0 Å². The summed E-state index contributed by atoms with van der Waals surface area (Å²) in [7, 11) is 0. The summed E-state index contributed by atoms with van der Waals surface area (Å²) < 4.78 is 7.85. The molecule has 0 aliphatic heterocycles. The van der Waals surface area contributed by atoms with Gasteiger partial charge < -0.3 is 14.6 Å². The van der Waals surface area contributed by atoms with Gasteiger partial charge in [-0.2, -0.15) is 0 Å². The van der Waals surface area contributed by atoms with Gasteiger partial charge in [0.05, 0.1) is 5.75 Å². The number of amides is 1. The summed E-state index contributed by atoms with van der Waals surface area (Å²) in [6.07, 6.45) is 0. The van der Waals surface area contributed by atoms with Crippen LogP contribution in [0.2, 0.25) is 5.02 Å². The number of carbonyl (C=O) groups is 1. The van der Waals surface area contributed by atoms with Gasteiger partial charge in [0.2, 0.25) is 5.91 Å². The van der Waals surface area contributed by atoms with Crippen LogP contribution in [0.1, 0.15) is 29.4 Å². The van der Waals surface area contributed by atoms with E-state index in [9.17, 15) is 4.79 Å². The van der Waals surface area contributed by atoms with E-state index in [4.69, 9.17) is 16.3 Å². The number of hydrogen-bond donors (Lipinski definition) is 1. The summed E-state index contributed by atoms with van der Waals surface area (Å²) in [5.74, 6) is 1.63. The topological polar surface area (TPSA) is 69.0 Å². The van der Waals surface area contributed by atoms with Gasteiger partial charge in [-0.1, -0.05) is 35.5 Å². The number of anilines is 1. The molecule has 0 bridgehead atoms. The minimum atomic E-state index is -0.121. The van der Waals surface area contributed by atoms with Gasteiger partial charge >= 0.3 is 0 Å². The highest BCUT2D eigenvalue weighted by atomic mass is 35.5. The van der Waals surface area contributed by atoms with Crippen LogP contribution in [0.25, 0.3) is 0 Å². The molecule has 6 nitrogen and oxygen atoms in total. The number of nitrogens with zero attached hydrogens (tertiary/aromatic N) is 3. The highest BCUT2D eigenvalue weighted by molar-refractivity contribution is 7.99. The molecule has 30 heavy (non-hydrogen) atoms. The predicted octanol–water partition coefficient (Wildman–Crippen LogP) is 5.19. The highest BCUT2D eigenvalue weighted by Crippen LogP contribution is 2.24. The van der Waals surface area contributed by atoms with Crippen molar-refractivity contribution in [2.24, 2.45) is 0 Å². The minimum Gasteiger partial charge on any atom is -0.486 e. The normalized spacial score (nSPS) is 10.8. The Kier molecular flexibility index (Phi) is 7.39. The Bertz CT molecular complexity index is 1050. The third-order valence-electron chi connectivity index (χ3n) is 4.83. The standard InChI is InChI=1S/C22H25ClN4O2S/c1-5-27-20(12-29-17-10-9-14(2)15(3)11-17)25-26-22(27)30-13-21(28)24-19-8-6-7-18(23)16(19)4/h6-11H,5,12-13H2,1-4H3,(H,24,28). The summed E-state index contributed by atoms with van der Waals surface area (Å²) in [5, 5.41) is 12.7. The molecule has 158 valence electrons. The molecular weight excluding hydrogens is 420 g/mol. The molecule has 8 heteroatoms. The average Bonchev–Trinajstić information content (AvgIpc) is 3.12. The first kappa shape index (κ1) is 22.2. The van der Waals surface area contributed by atoms with E-state index in [-0.39, 0.29) is 11.7 Å². The van der Waals surface area contributed by atoms with Crippen molar-refractivity contribution < 1.29 is 9.53 Å². The van der Waals surface area contributed by atoms with E-state index in [1.807, 2.05) is 48.7 Å². The largest absolute Gasteiger partial charge is 0.486 e. The fourth-order valence-corrected chi connectivity index (χ4v) is 3.86. The highest BCUT2D eigenvalue weighted by Gasteiger charge is 2.14. The minimum absolute atomic E-state index is 0.121. The molecule has 1 N–H and O–H groups in total.